The van der Waals surface area contributed by atoms with Gasteiger partial charge < -0.3 is 0 Å². The summed E-state index contributed by atoms with van der Waals surface area (Å²) in [5.41, 5.74) is 10.1. The van der Waals surface area contributed by atoms with Crippen LogP contribution in [0.1, 0.15) is 0 Å². The Morgan fingerprint density at radius 2 is 0.645 bits per heavy atom. The van der Waals surface area contributed by atoms with E-state index in [-0.39, 0.29) is 0 Å². The van der Waals surface area contributed by atoms with Crippen LogP contribution < -0.4 is 0 Å². The van der Waals surface area contributed by atoms with E-state index in [2.05, 4.69) is 218 Å². The van der Waals surface area contributed by atoms with Crippen LogP contribution in [0.4, 0.5) is 0 Å². The SMILES string of the molecule is c1ccc(-c2c3cc4c5ccccc5c5cccc(c3c(-c3ccccc3)c3c6ccc(-c7ccc8cc(-c9ccc%10ccccc%10c9)ccc8c7)c7cccc(c23)c76)c54)cc1. The van der Waals surface area contributed by atoms with Crippen LogP contribution in [0.15, 0.2) is 218 Å². The second kappa shape index (κ2) is 12.7. The molecule has 0 N–H and O–H groups in total. The molecule has 0 saturated heterocycles. The Bertz CT molecular complexity index is 4120. The molecule has 0 fully saturated rings. The molecule has 0 amide bonds. The van der Waals surface area contributed by atoms with E-state index in [1.54, 1.807) is 0 Å². The summed E-state index contributed by atoms with van der Waals surface area (Å²) in [6.45, 7) is 0. The zero-order chi connectivity index (χ0) is 40.5. The molecule has 0 heteroatoms. The molecule has 14 aromatic rings. The lowest BCUT2D eigenvalue weighted by atomic mass is 9.84. The van der Waals surface area contributed by atoms with Crippen LogP contribution in [0.3, 0.4) is 0 Å². The van der Waals surface area contributed by atoms with Crippen molar-refractivity contribution in [3.8, 4) is 44.5 Å². The second-order valence-corrected chi connectivity index (χ2v) is 17.1. The molecule has 0 heterocycles. The Balaban J connectivity index is 1.07. The van der Waals surface area contributed by atoms with Crippen molar-refractivity contribution in [2.75, 3.05) is 0 Å². The number of benzene rings is 12. The first-order chi connectivity index (χ1) is 30.8. The lowest BCUT2D eigenvalue weighted by Crippen LogP contribution is -1.91. The van der Waals surface area contributed by atoms with Crippen molar-refractivity contribution in [1.82, 2.24) is 0 Å². The molecule has 62 heavy (non-hydrogen) atoms. The number of rotatable bonds is 4. The third kappa shape index (κ3) is 4.67. The highest BCUT2D eigenvalue weighted by Crippen LogP contribution is 2.55. The molecule has 14 aromatic carbocycles. The Hall–Kier alpha value is -8.06. The number of fused-ring (bicyclic) bond motifs is 10. The zero-order valence-electron chi connectivity index (χ0n) is 33.8. The van der Waals surface area contributed by atoms with Gasteiger partial charge in [0.1, 0.15) is 0 Å². The van der Waals surface area contributed by atoms with Gasteiger partial charge in [-0.2, -0.15) is 0 Å². The van der Waals surface area contributed by atoms with Crippen LogP contribution in [-0.2, 0) is 0 Å². The maximum atomic E-state index is 2.52. The average molecular weight is 781 g/mol. The highest BCUT2D eigenvalue weighted by molar-refractivity contribution is 6.45. The van der Waals surface area contributed by atoms with Gasteiger partial charge in [-0.05, 0) is 166 Å². The molecule has 0 atom stereocenters. The van der Waals surface area contributed by atoms with Gasteiger partial charge in [-0.15, -0.1) is 0 Å². The van der Waals surface area contributed by atoms with Gasteiger partial charge in [0.05, 0.1) is 0 Å². The van der Waals surface area contributed by atoms with Crippen LogP contribution in [0, 0.1) is 0 Å². The molecule has 0 unspecified atom stereocenters. The molecular formula is C62H36. The summed E-state index contributed by atoms with van der Waals surface area (Å²) < 4.78 is 0. The molecule has 0 radical (unpaired) electrons. The van der Waals surface area contributed by atoms with E-state index in [0.29, 0.717) is 0 Å². The third-order valence-corrected chi connectivity index (χ3v) is 13.9. The van der Waals surface area contributed by atoms with Crippen LogP contribution in [-0.4, -0.2) is 0 Å². The minimum Gasteiger partial charge on any atom is -0.0622 e. The summed E-state index contributed by atoms with van der Waals surface area (Å²) in [6.07, 6.45) is 0. The van der Waals surface area contributed by atoms with Crippen molar-refractivity contribution < 1.29 is 0 Å². The summed E-state index contributed by atoms with van der Waals surface area (Å²) in [4.78, 5) is 0. The summed E-state index contributed by atoms with van der Waals surface area (Å²) in [6, 6.07) is 81.8. The maximum Gasteiger partial charge on any atom is -0.000719 e. The van der Waals surface area contributed by atoms with Crippen molar-refractivity contribution in [3.63, 3.8) is 0 Å². The Morgan fingerprint density at radius 1 is 0.177 bits per heavy atom. The second-order valence-electron chi connectivity index (χ2n) is 17.1. The molecule has 0 bridgehead atoms. The molecule has 284 valence electrons. The Kier molecular flexibility index (Phi) is 6.92. The number of hydrogen-bond donors (Lipinski definition) is 0. The molecule has 0 aliphatic carbocycles. The minimum absolute atomic E-state index is 1.23. The van der Waals surface area contributed by atoms with Crippen molar-refractivity contribution in [3.05, 3.63) is 218 Å². The van der Waals surface area contributed by atoms with Crippen LogP contribution in [0.5, 0.6) is 0 Å². The van der Waals surface area contributed by atoms with Crippen LogP contribution >= 0.6 is 0 Å². The predicted octanol–water partition coefficient (Wildman–Crippen LogP) is 17.6. The zero-order valence-corrected chi connectivity index (χ0v) is 33.8. The topological polar surface area (TPSA) is 0 Å². The fourth-order valence-electron chi connectivity index (χ4n) is 11.2. The van der Waals surface area contributed by atoms with Gasteiger partial charge in [-0.1, -0.05) is 194 Å². The molecule has 0 saturated carbocycles. The molecule has 14 rings (SSSR count). The normalized spacial score (nSPS) is 12.2. The van der Waals surface area contributed by atoms with E-state index >= 15 is 0 Å². The molecule has 0 aliphatic heterocycles. The van der Waals surface area contributed by atoms with E-state index in [9.17, 15) is 0 Å². The van der Waals surface area contributed by atoms with E-state index < -0.39 is 0 Å². The first-order valence-electron chi connectivity index (χ1n) is 21.7. The molecular weight excluding hydrogens is 745 g/mol. The van der Waals surface area contributed by atoms with E-state index in [1.807, 2.05) is 0 Å². The minimum atomic E-state index is 1.23. The van der Waals surface area contributed by atoms with Gasteiger partial charge in [-0.25, -0.2) is 0 Å². The Morgan fingerprint density at radius 3 is 1.37 bits per heavy atom. The first-order valence-corrected chi connectivity index (χ1v) is 21.7. The summed E-state index contributed by atoms with van der Waals surface area (Å²) in [5, 5.41) is 23.5. The highest BCUT2D eigenvalue weighted by atomic mass is 14.3. The molecule has 0 aliphatic rings. The molecule has 0 aromatic heterocycles. The smallest absolute Gasteiger partial charge is 0.000719 e. The third-order valence-electron chi connectivity index (χ3n) is 13.9. The van der Waals surface area contributed by atoms with E-state index in [4.69, 9.17) is 0 Å². The number of hydrogen-bond acceptors (Lipinski definition) is 0. The van der Waals surface area contributed by atoms with Crippen LogP contribution in [0.25, 0.3) is 141 Å². The van der Waals surface area contributed by atoms with Crippen molar-refractivity contribution in [2.45, 2.75) is 0 Å². The average Bonchev–Trinajstić information content (AvgIpc) is 3.85. The quantitative estimate of drug-likeness (QED) is 0.156. The van der Waals surface area contributed by atoms with Crippen molar-refractivity contribution in [1.29, 1.82) is 0 Å². The van der Waals surface area contributed by atoms with Gasteiger partial charge in [0.25, 0.3) is 0 Å². The van der Waals surface area contributed by atoms with E-state index in [1.165, 1.54) is 141 Å². The van der Waals surface area contributed by atoms with Gasteiger partial charge in [-0.3, -0.25) is 0 Å². The maximum absolute atomic E-state index is 2.52. The van der Waals surface area contributed by atoms with E-state index in [0.717, 1.165) is 0 Å². The van der Waals surface area contributed by atoms with Crippen molar-refractivity contribution in [2.24, 2.45) is 0 Å². The largest absolute Gasteiger partial charge is 0.0622 e. The van der Waals surface area contributed by atoms with Crippen LogP contribution in [0.2, 0.25) is 0 Å². The molecule has 0 nitrogen and oxygen atoms in total. The predicted molar refractivity (Wildman–Crippen MR) is 268 cm³/mol. The fraction of sp³-hybridized carbons (Fsp3) is 0. The summed E-state index contributed by atoms with van der Waals surface area (Å²) >= 11 is 0. The summed E-state index contributed by atoms with van der Waals surface area (Å²) in [5.74, 6) is 0. The van der Waals surface area contributed by atoms with Crippen molar-refractivity contribution >= 4 is 97.0 Å². The highest BCUT2D eigenvalue weighted by Gasteiger charge is 2.27. The summed E-state index contributed by atoms with van der Waals surface area (Å²) in [7, 11) is 0. The molecule has 0 spiro atoms. The fourth-order valence-corrected chi connectivity index (χ4v) is 11.2. The van der Waals surface area contributed by atoms with Gasteiger partial charge >= 0.3 is 0 Å². The Labute approximate surface area is 358 Å². The first kappa shape index (κ1) is 33.7. The lowest BCUT2D eigenvalue weighted by molar-refractivity contribution is 1.66. The standard InChI is InChI=1S/C62H36/c1-3-14-38(15-4-1)56-55-36-54-48-20-10-9-19-47(48)50-22-12-23-51(59(50)54)60(55)57(39-16-5-2-6-17-39)62-53-32-31-46(49-21-11-24-52(58(49)53)61(56)62)45-30-29-43-34-42(27-28-44(43)35-45)41-26-25-37-13-7-8-18-40(37)33-41/h1-36H. The van der Waals surface area contributed by atoms with Gasteiger partial charge in [0, 0.05) is 0 Å². The van der Waals surface area contributed by atoms with Gasteiger partial charge in [0.2, 0.25) is 0 Å². The monoisotopic (exact) mass is 780 g/mol. The van der Waals surface area contributed by atoms with Gasteiger partial charge in [0.15, 0.2) is 0 Å². The lowest BCUT2D eigenvalue weighted by Gasteiger charge is -2.19.